The van der Waals surface area contributed by atoms with Crippen LogP contribution in [0.3, 0.4) is 0 Å². The van der Waals surface area contributed by atoms with Gasteiger partial charge in [-0.05, 0) is 37.8 Å². The molecule has 1 aromatic carbocycles. The molecule has 0 amide bonds. The summed E-state index contributed by atoms with van der Waals surface area (Å²) in [7, 11) is 0. The SMILES string of the molecule is [CH2]c1ccccc1OC(=O)CCCCCCCCC=C. The molecule has 0 saturated heterocycles. The molecule has 0 atom stereocenters. The lowest BCUT2D eigenvalue weighted by atomic mass is 10.1. The third-order valence-electron chi connectivity index (χ3n) is 3.24. The maximum absolute atomic E-state index is 11.7. The lowest BCUT2D eigenvalue weighted by molar-refractivity contribution is -0.134. The molecule has 0 aromatic heterocycles. The summed E-state index contributed by atoms with van der Waals surface area (Å²) in [5, 5.41) is 0. The van der Waals surface area contributed by atoms with Gasteiger partial charge >= 0.3 is 5.97 Å². The predicted molar refractivity (Wildman–Crippen MR) is 83.7 cm³/mol. The van der Waals surface area contributed by atoms with E-state index in [1.807, 2.05) is 24.3 Å². The first-order chi connectivity index (χ1) is 9.74. The molecule has 1 radical (unpaired) electrons. The predicted octanol–water partition coefficient (Wildman–Crippen LogP) is 5.08. The summed E-state index contributed by atoms with van der Waals surface area (Å²) in [6, 6.07) is 7.35. The molecule has 0 saturated carbocycles. The zero-order chi connectivity index (χ0) is 14.6. The van der Waals surface area contributed by atoms with Gasteiger partial charge in [0, 0.05) is 6.42 Å². The first kappa shape index (κ1) is 16.5. The molecule has 0 fully saturated rings. The van der Waals surface area contributed by atoms with Crippen LogP contribution >= 0.6 is 0 Å². The second-order valence-corrected chi connectivity index (χ2v) is 5.03. The van der Waals surface area contributed by atoms with Gasteiger partial charge in [-0.1, -0.05) is 50.0 Å². The number of hydrogen-bond donors (Lipinski definition) is 0. The number of benzene rings is 1. The van der Waals surface area contributed by atoms with Crippen LogP contribution in [0, 0.1) is 6.92 Å². The van der Waals surface area contributed by atoms with E-state index in [-0.39, 0.29) is 5.97 Å². The summed E-state index contributed by atoms with van der Waals surface area (Å²) in [5.74, 6) is 0.412. The average molecular weight is 273 g/mol. The minimum atomic E-state index is -0.159. The first-order valence-electron chi connectivity index (χ1n) is 7.46. The molecule has 0 N–H and O–H groups in total. The van der Waals surface area contributed by atoms with Gasteiger partial charge in [-0.3, -0.25) is 4.79 Å². The zero-order valence-electron chi connectivity index (χ0n) is 12.3. The van der Waals surface area contributed by atoms with Crippen LogP contribution in [0.4, 0.5) is 0 Å². The molecule has 20 heavy (non-hydrogen) atoms. The van der Waals surface area contributed by atoms with Gasteiger partial charge in [-0.15, -0.1) is 6.58 Å². The van der Waals surface area contributed by atoms with Crippen LogP contribution in [0.25, 0.3) is 0 Å². The molecule has 0 aliphatic rings. The van der Waals surface area contributed by atoms with Crippen molar-refractivity contribution in [2.75, 3.05) is 0 Å². The van der Waals surface area contributed by atoms with Crippen LogP contribution in [0.5, 0.6) is 5.75 Å². The molecule has 2 heteroatoms. The van der Waals surface area contributed by atoms with Crippen molar-refractivity contribution in [1.29, 1.82) is 0 Å². The second kappa shape index (κ2) is 10.2. The molecular formula is C18H25O2. The van der Waals surface area contributed by atoms with E-state index in [0.717, 1.165) is 24.8 Å². The van der Waals surface area contributed by atoms with E-state index in [9.17, 15) is 4.79 Å². The van der Waals surface area contributed by atoms with Crippen LogP contribution in [0.1, 0.15) is 56.9 Å². The number of esters is 1. The van der Waals surface area contributed by atoms with E-state index in [1.54, 1.807) is 6.07 Å². The molecule has 1 aromatic rings. The van der Waals surface area contributed by atoms with E-state index in [1.165, 1.54) is 25.7 Å². The minimum absolute atomic E-state index is 0.159. The quantitative estimate of drug-likeness (QED) is 0.257. The molecule has 0 spiro atoms. The molecule has 0 heterocycles. The van der Waals surface area contributed by atoms with E-state index in [4.69, 9.17) is 4.74 Å². The van der Waals surface area contributed by atoms with Crippen molar-refractivity contribution in [2.45, 2.75) is 51.4 Å². The Balaban J connectivity index is 2.06. The van der Waals surface area contributed by atoms with Gasteiger partial charge < -0.3 is 4.74 Å². The fourth-order valence-electron chi connectivity index (χ4n) is 2.04. The van der Waals surface area contributed by atoms with E-state index in [0.29, 0.717) is 12.2 Å². The summed E-state index contributed by atoms with van der Waals surface area (Å²) in [4.78, 5) is 11.7. The van der Waals surface area contributed by atoms with Gasteiger partial charge in [0.2, 0.25) is 0 Å². The van der Waals surface area contributed by atoms with Crippen molar-refractivity contribution in [3.05, 3.63) is 49.4 Å². The maximum Gasteiger partial charge on any atom is 0.311 e. The van der Waals surface area contributed by atoms with Gasteiger partial charge in [0.25, 0.3) is 0 Å². The van der Waals surface area contributed by atoms with Gasteiger partial charge in [-0.2, -0.15) is 0 Å². The van der Waals surface area contributed by atoms with Crippen LogP contribution in [0.15, 0.2) is 36.9 Å². The average Bonchev–Trinajstić information content (AvgIpc) is 2.44. The molecule has 0 aliphatic carbocycles. The largest absolute Gasteiger partial charge is 0.426 e. The number of para-hydroxylation sites is 1. The van der Waals surface area contributed by atoms with Crippen LogP contribution in [-0.4, -0.2) is 5.97 Å². The van der Waals surface area contributed by atoms with Crippen molar-refractivity contribution < 1.29 is 9.53 Å². The number of hydrogen-bond acceptors (Lipinski definition) is 2. The Morgan fingerprint density at radius 2 is 1.70 bits per heavy atom. The molecule has 0 bridgehead atoms. The normalized spacial score (nSPS) is 10.2. The highest BCUT2D eigenvalue weighted by Crippen LogP contribution is 2.17. The van der Waals surface area contributed by atoms with Crippen molar-refractivity contribution in [2.24, 2.45) is 0 Å². The Bertz CT molecular complexity index is 410. The van der Waals surface area contributed by atoms with E-state index in [2.05, 4.69) is 13.5 Å². The Labute approximate surface area is 122 Å². The molecule has 1 rings (SSSR count). The van der Waals surface area contributed by atoms with Gasteiger partial charge in [0.1, 0.15) is 5.75 Å². The Kier molecular flexibility index (Phi) is 8.44. The van der Waals surface area contributed by atoms with Crippen molar-refractivity contribution >= 4 is 5.97 Å². The lowest BCUT2D eigenvalue weighted by Crippen LogP contribution is -2.08. The molecule has 109 valence electrons. The Hall–Kier alpha value is -1.57. The third kappa shape index (κ3) is 7.13. The van der Waals surface area contributed by atoms with Crippen molar-refractivity contribution in [3.8, 4) is 5.75 Å². The van der Waals surface area contributed by atoms with Crippen LogP contribution < -0.4 is 4.74 Å². The number of ether oxygens (including phenoxy) is 1. The lowest BCUT2D eigenvalue weighted by Gasteiger charge is -2.06. The van der Waals surface area contributed by atoms with E-state index >= 15 is 0 Å². The van der Waals surface area contributed by atoms with Crippen molar-refractivity contribution in [3.63, 3.8) is 0 Å². The highest BCUT2D eigenvalue weighted by Gasteiger charge is 2.06. The van der Waals surface area contributed by atoms with E-state index < -0.39 is 0 Å². The summed E-state index contributed by atoms with van der Waals surface area (Å²) in [6.07, 6.45) is 10.5. The number of allylic oxidation sites excluding steroid dienone is 1. The highest BCUT2D eigenvalue weighted by molar-refractivity contribution is 5.72. The number of carbonyl (C=O) groups excluding carboxylic acids is 1. The van der Waals surface area contributed by atoms with Gasteiger partial charge in [0.05, 0.1) is 0 Å². The number of unbranched alkanes of at least 4 members (excludes halogenated alkanes) is 6. The summed E-state index contributed by atoms with van der Waals surface area (Å²) >= 11 is 0. The standard InChI is InChI=1S/C18H25O2/c1-3-4-5-6-7-8-9-10-15-18(19)20-17-14-12-11-13-16(17)2/h3,11-14H,1-2,4-10,15H2. The molecule has 0 unspecified atom stereocenters. The Morgan fingerprint density at radius 1 is 1.05 bits per heavy atom. The number of carbonyl (C=O) groups is 1. The molecular weight excluding hydrogens is 248 g/mol. The van der Waals surface area contributed by atoms with Gasteiger partial charge in [0.15, 0.2) is 0 Å². The second-order valence-electron chi connectivity index (χ2n) is 5.03. The third-order valence-corrected chi connectivity index (χ3v) is 3.24. The molecule has 0 aliphatic heterocycles. The maximum atomic E-state index is 11.7. The number of rotatable bonds is 10. The summed E-state index contributed by atoms with van der Waals surface area (Å²) < 4.78 is 5.29. The fraction of sp³-hybridized carbons (Fsp3) is 0.444. The summed E-state index contributed by atoms with van der Waals surface area (Å²) in [6.45, 7) is 7.55. The van der Waals surface area contributed by atoms with Crippen molar-refractivity contribution in [1.82, 2.24) is 0 Å². The van der Waals surface area contributed by atoms with Gasteiger partial charge in [-0.25, -0.2) is 0 Å². The van der Waals surface area contributed by atoms with Crippen LogP contribution in [-0.2, 0) is 4.79 Å². The topological polar surface area (TPSA) is 26.3 Å². The highest BCUT2D eigenvalue weighted by atomic mass is 16.5. The fourth-order valence-corrected chi connectivity index (χ4v) is 2.04. The zero-order valence-corrected chi connectivity index (χ0v) is 12.3. The molecule has 2 nitrogen and oxygen atoms in total. The van der Waals surface area contributed by atoms with Crippen LogP contribution in [0.2, 0.25) is 0 Å². The Morgan fingerprint density at radius 3 is 2.40 bits per heavy atom. The monoisotopic (exact) mass is 273 g/mol. The minimum Gasteiger partial charge on any atom is -0.426 e. The smallest absolute Gasteiger partial charge is 0.311 e. The summed E-state index contributed by atoms with van der Waals surface area (Å²) in [5.41, 5.74) is 0.753. The first-order valence-corrected chi connectivity index (χ1v) is 7.46.